The molecule has 1 heterocycles. The van der Waals surface area contributed by atoms with E-state index in [9.17, 15) is 4.79 Å². The summed E-state index contributed by atoms with van der Waals surface area (Å²) in [6.07, 6.45) is 1.82. The predicted octanol–water partition coefficient (Wildman–Crippen LogP) is 3.13. The first-order valence-electron chi connectivity index (χ1n) is 7.72. The molecule has 0 atom stereocenters. The summed E-state index contributed by atoms with van der Waals surface area (Å²) in [4.78, 5) is 16.2. The van der Waals surface area contributed by atoms with Gasteiger partial charge in [-0.3, -0.25) is 0 Å². The Kier molecular flexibility index (Phi) is 5.23. The minimum Gasteiger partial charge on any atom is -0.375 e. The highest BCUT2D eigenvalue weighted by molar-refractivity contribution is 5.74. The number of carbonyl (C=O) groups is 1. The van der Waals surface area contributed by atoms with Gasteiger partial charge in [-0.1, -0.05) is 30.3 Å². The fraction of sp³-hybridized carbons (Fsp3) is 0.588. The zero-order chi connectivity index (χ0) is 15.3. The summed E-state index contributed by atoms with van der Waals surface area (Å²) in [6.45, 7) is 7.10. The number of ether oxygens (including phenoxy) is 1. The van der Waals surface area contributed by atoms with E-state index in [1.165, 1.54) is 0 Å². The molecule has 2 rings (SSSR count). The lowest BCUT2D eigenvalue weighted by molar-refractivity contribution is -0.0609. The van der Waals surface area contributed by atoms with E-state index < -0.39 is 0 Å². The number of hydrogen-bond acceptors (Lipinski definition) is 2. The highest BCUT2D eigenvalue weighted by Gasteiger charge is 2.33. The van der Waals surface area contributed by atoms with E-state index in [2.05, 4.69) is 6.92 Å². The fourth-order valence-corrected chi connectivity index (χ4v) is 2.83. The van der Waals surface area contributed by atoms with E-state index in [0.717, 1.165) is 38.1 Å². The Morgan fingerprint density at radius 1 is 1.29 bits per heavy atom. The van der Waals surface area contributed by atoms with Crippen molar-refractivity contribution >= 4 is 6.03 Å². The first-order chi connectivity index (χ1) is 10.0. The molecular formula is C17H26N2O2. The second-order valence-electron chi connectivity index (χ2n) is 5.99. The summed E-state index contributed by atoms with van der Waals surface area (Å²) < 4.78 is 5.80. The van der Waals surface area contributed by atoms with Gasteiger partial charge in [-0.2, -0.15) is 0 Å². The van der Waals surface area contributed by atoms with Crippen molar-refractivity contribution in [1.29, 1.82) is 0 Å². The Hall–Kier alpha value is -1.55. The molecule has 116 valence electrons. The van der Waals surface area contributed by atoms with Crippen molar-refractivity contribution in [3.63, 3.8) is 0 Å². The Labute approximate surface area is 127 Å². The molecular weight excluding hydrogens is 264 g/mol. The van der Waals surface area contributed by atoms with Crippen LogP contribution in [0.2, 0.25) is 0 Å². The molecule has 1 aliphatic heterocycles. The minimum absolute atomic E-state index is 0.0659. The molecule has 0 saturated carbocycles. The van der Waals surface area contributed by atoms with Crippen molar-refractivity contribution in [3.05, 3.63) is 35.9 Å². The molecule has 0 radical (unpaired) electrons. The fourth-order valence-electron chi connectivity index (χ4n) is 2.83. The lowest BCUT2D eigenvalue weighted by Crippen LogP contribution is -2.50. The molecule has 1 fully saturated rings. The molecule has 0 bridgehead atoms. The Bertz CT molecular complexity index is 453. The molecule has 1 saturated heterocycles. The summed E-state index contributed by atoms with van der Waals surface area (Å²) in [5.41, 5.74) is 1.09. The molecule has 0 N–H and O–H groups in total. The van der Waals surface area contributed by atoms with Crippen LogP contribution in [0.15, 0.2) is 30.3 Å². The van der Waals surface area contributed by atoms with Crippen molar-refractivity contribution in [2.45, 2.75) is 38.8 Å². The third kappa shape index (κ3) is 4.21. The standard InChI is InChI=1S/C17H26N2O2/c1-4-21-17(2)10-12-19(13-11-17)16(20)18(3)14-15-8-6-5-7-9-15/h5-9H,4,10-14H2,1-3H3. The van der Waals surface area contributed by atoms with Crippen LogP contribution in [0.1, 0.15) is 32.3 Å². The quantitative estimate of drug-likeness (QED) is 0.853. The second kappa shape index (κ2) is 6.94. The van der Waals surface area contributed by atoms with Crippen molar-refractivity contribution < 1.29 is 9.53 Å². The number of carbonyl (C=O) groups excluding carboxylic acids is 1. The van der Waals surface area contributed by atoms with Crippen LogP contribution in [0, 0.1) is 0 Å². The average molecular weight is 290 g/mol. The van der Waals surface area contributed by atoms with Gasteiger partial charge in [0.15, 0.2) is 0 Å². The summed E-state index contributed by atoms with van der Waals surface area (Å²) >= 11 is 0. The number of nitrogens with zero attached hydrogens (tertiary/aromatic N) is 2. The van der Waals surface area contributed by atoms with Gasteiger partial charge >= 0.3 is 6.03 Å². The van der Waals surface area contributed by atoms with Gasteiger partial charge in [0.05, 0.1) is 5.60 Å². The van der Waals surface area contributed by atoms with Gasteiger partial charge < -0.3 is 14.5 Å². The molecule has 0 unspecified atom stereocenters. The van der Waals surface area contributed by atoms with Crippen LogP contribution in [-0.2, 0) is 11.3 Å². The van der Waals surface area contributed by atoms with Crippen molar-refractivity contribution in [3.8, 4) is 0 Å². The maximum Gasteiger partial charge on any atom is 0.320 e. The molecule has 4 heteroatoms. The van der Waals surface area contributed by atoms with E-state index in [-0.39, 0.29) is 11.6 Å². The van der Waals surface area contributed by atoms with Crippen LogP contribution >= 0.6 is 0 Å². The van der Waals surface area contributed by atoms with E-state index in [4.69, 9.17) is 4.74 Å². The zero-order valence-electron chi connectivity index (χ0n) is 13.3. The third-order valence-electron chi connectivity index (χ3n) is 4.17. The van der Waals surface area contributed by atoms with Gasteiger partial charge in [0, 0.05) is 33.3 Å². The van der Waals surface area contributed by atoms with Gasteiger partial charge in [0.1, 0.15) is 0 Å². The first-order valence-corrected chi connectivity index (χ1v) is 7.72. The van der Waals surface area contributed by atoms with Crippen LogP contribution in [0.4, 0.5) is 4.79 Å². The number of hydrogen-bond donors (Lipinski definition) is 0. The molecule has 0 spiro atoms. The van der Waals surface area contributed by atoms with E-state index in [0.29, 0.717) is 6.54 Å². The molecule has 1 aromatic carbocycles. The van der Waals surface area contributed by atoms with E-state index in [1.807, 2.05) is 49.2 Å². The van der Waals surface area contributed by atoms with Crippen molar-refractivity contribution in [1.82, 2.24) is 9.80 Å². The maximum absolute atomic E-state index is 12.5. The minimum atomic E-state index is -0.0659. The predicted molar refractivity (Wildman–Crippen MR) is 84.1 cm³/mol. The highest BCUT2D eigenvalue weighted by Crippen LogP contribution is 2.26. The molecule has 0 aliphatic carbocycles. The smallest absolute Gasteiger partial charge is 0.320 e. The van der Waals surface area contributed by atoms with Gasteiger partial charge in [-0.25, -0.2) is 4.79 Å². The van der Waals surface area contributed by atoms with Crippen LogP contribution in [-0.4, -0.2) is 48.2 Å². The molecule has 2 amide bonds. The zero-order valence-corrected chi connectivity index (χ0v) is 13.3. The molecule has 1 aromatic rings. The van der Waals surface area contributed by atoms with Crippen LogP contribution in [0.3, 0.4) is 0 Å². The number of rotatable bonds is 4. The first kappa shape index (κ1) is 15.8. The lowest BCUT2D eigenvalue weighted by atomic mass is 9.93. The normalized spacial score (nSPS) is 17.6. The molecule has 1 aliphatic rings. The molecule has 4 nitrogen and oxygen atoms in total. The third-order valence-corrected chi connectivity index (χ3v) is 4.17. The SMILES string of the molecule is CCOC1(C)CCN(C(=O)N(C)Cc2ccccc2)CC1. The number of benzene rings is 1. The van der Waals surface area contributed by atoms with Crippen LogP contribution in [0.25, 0.3) is 0 Å². The van der Waals surface area contributed by atoms with E-state index >= 15 is 0 Å². The monoisotopic (exact) mass is 290 g/mol. The lowest BCUT2D eigenvalue weighted by Gasteiger charge is -2.40. The Balaban J connectivity index is 1.87. The Morgan fingerprint density at radius 3 is 2.48 bits per heavy atom. The van der Waals surface area contributed by atoms with Gasteiger partial charge in [-0.15, -0.1) is 0 Å². The largest absolute Gasteiger partial charge is 0.375 e. The molecule has 0 aromatic heterocycles. The summed E-state index contributed by atoms with van der Waals surface area (Å²) in [5.74, 6) is 0. The number of piperidine rings is 1. The van der Waals surface area contributed by atoms with E-state index in [1.54, 1.807) is 4.90 Å². The summed E-state index contributed by atoms with van der Waals surface area (Å²) in [6, 6.07) is 10.2. The highest BCUT2D eigenvalue weighted by atomic mass is 16.5. The van der Waals surface area contributed by atoms with Gasteiger partial charge in [0.2, 0.25) is 0 Å². The second-order valence-corrected chi connectivity index (χ2v) is 5.99. The topological polar surface area (TPSA) is 32.8 Å². The maximum atomic E-state index is 12.5. The van der Waals surface area contributed by atoms with Gasteiger partial charge in [0.25, 0.3) is 0 Å². The summed E-state index contributed by atoms with van der Waals surface area (Å²) in [5, 5.41) is 0. The Morgan fingerprint density at radius 2 is 1.90 bits per heavy atom. The summed E-state index contributed by atoms with van der Waals surface area (Å²) in [7, 11) is 1.87. The average Bonchev–Trinajstić information content (AvgIpc) is 2.48. The molecule has 21 heavy (non-hydrogen) atoms. The number of urea groups is 1. The van der Waals surface area contributed by atoms with Crippen molar-refractivity contribution in [2.75, 3.05) is 26.7 Å². The van der Waals surface area contributed by atoms with Crippen LogP contribution < -0.4 is 0 Å². The number of amides is 2. The number of likely N-dealkylation sites (tertiary alicyclic amines) is 1. The van der Waals surface area contributed by atoms with Gasteiger partial charge in [-0.05, 0) is 32.3 Å². The van der Waals surface area contributed by atoms with Crippen LogP contribution in [0.5, 0.6) is 0 Å². The van der Waals surface area contributed by atoms with Crippen molar-refractivity contribution in [2.24, 2.45) is 0 Å².